The van der Waals surface area contributed by atoms with Crippen molar-refractivity contribution in [3.8, 4) is 0 Å². The molecule has 178 valence electrons. The van der Waals surface area contributed by atoms with Crippen LogP contribution in [-0.2, 0) is 24.8 Å². The summed E-state index contributed by atoms with van der Waals surface area (Å²) in [5.41, 5.74) is 1.48. The molecule has 2 aliphatic heterocycles. The van der Waals surface area contributed by atoms with Gasteiger partial charge in [-0.05, 0) is 55.0 Å². The second-order valence-corrected chi connectivity index (χ2v) is 12.4. The Balaban J connectivity index is 1.41. The van der Waals surface area contributed by atoms with Crippen molar-refractivity contribution < 1.29 is 21.6 Å². The van der Waals surface area contributed by atoms with Gasteiger partial charge in [0.15, 0.2) is 0 Å². The number of carbonyl (C=O) groups is 1. The van der Waals surface area contributed by atoms with Crippen molar-refractivity contribution in [2.75, 3.05) is 29.3 Å². The van der Waals surface area contributed by atoms with E-state index >= 15 is 0 Å². The molecule has 1 N–H and O–H groups in total. The van der Waals surface area contributed by atoms with Crippen molar-refractivity contribution >= 4 is 48.1 Å². The smallest absolute Gasteiger partial charge is 0.265 e. The van der Waals surface area contributed by atoms with Crippen molar-refractivity contribution in [3.63, 3.8) is 0 Å². The topological polar surface area (TPSA) is 104 Å². The maximum atomic E-state index is 13.1. The second kappa shape index (κ2) is 8.37. The van der Waals surface area contributed by atoms with Crippen LogP contribution in [0.5, 0.6) is 0 Å². The second-order valence-electron chi connectivity index (χ2n) is 8.63. The largest absolute Gasteiger partial charge is 0.324 e. The summed E-state index contributed by atoms with van der Waals surface area (Å²) in [5, 5.41) is 4.11. The van der Waals surface area contributed by atoms with Crippen LogP contribution in [0.15, 0.2) is 64.4 Å². The van der Waals surface area contributed by atoms with E-state index in [1.54, 1.807) is 31.2 Å². The number of nitrogens with one attached hydrogen (secondary N) is 1. The maximum absolute atomic E-state index is 13.1. The van der Waals surface area contributed by atoms with Crippen LogP contribution in [0.2, 0.25) is 0 Å². The number of hydrogen-bond donors (Lipinski definition) is 1. The highest BCUT2D eigenvalue weighted by Crippen LogP contribution is 2.41. The van der Waals surface area contributed by atoms with Gasteiger partial charge < -0.3 is 5.32 Å². The van der Waals surface area contributed by atoms with Gasteiger partial charge in [0, 0.05) is 24.2 Å². The van der Waals surface area contributed by atoms with Crippen molar-refractivity contribution in [2.24, 2.45) is 0 Å². The first kappa shape index (κ1) is 22.8. The minimum atomic E-state index is -3.87. The zero-order valence-electron chi connectivity index (χ0n) is 18.7. The highest BCUT2D eigenvalue weighted by molar-refractivity contribution is 7.93. The molecule has 10 heteroatoms. The number of anilines is 2. The SMILES string of the molecule is Cc1ccc(S(=O)(=O)N2CCCCC2)cc1NC(=O)CN1c2cccc3cccc(c23)S1(=O)=O. The number of hydrogen-bond acceptors (Lipinski definition) is 5. The number of nitrogens with zero attached hydrogens (tertiary/aromatic N) is 2. The van der Waals surface area contributed by atoms with Crippen molar-refractivity contribution in [3.05, 3.63) is 60.2 Å². The predicted octanol–water partition coefficient (Wildman–Crippen LogP) is 3.47. The molecule has 0 saturated carbocycles. The minimum absolute atomic E-state index is 0.112. The maximum Gasteiger partial charge on any atom is 0.265 e. The summed E-state index contributed by atoms with van der Waals surface area (Å²) in [4.78, 5) is 13.3. The zero-order valence-corrected chi connectivity index (χ0v) is 20.3. The molecule has 3 aromatic rings. The predicted molar refractivity (Wildman–Crippen MR) is 131 cm³/mol. The summed E-state index contributed by atoms with van der Waals surface area (Å²) in [6.07, 6.45) is 2.67. The molecule has 5 rings (SSSR count). The number of benzene rings is 3. The Morgan fingerprint density at radius 2 is 1.71 bits per heavy atom. The van der Waals surface area contributed by atoms with Gasteiger partial charge in [-0.3, -0.25) is 9.10 Å². The van der Waals surface area contributed by atoms with E-state index in [1.165, 1.54) is 22.5 Å². The standard InChI is InChI=1S/C24H25N3O5S2/c1-17-11-12-19(33(29,30)26-13-3-2-4-14-26)15-20(17)25-23(28)16-27-21-9-5-7-18-8-6-10-22(24(18)21)34(27,31)32/h5-12,15H,2-4,13-14,16H2,1H3,(H,25,28). The highest BCUT2D eigenvalue weighted by atomic mass is 32.2. The lowest BCUT2D eigenvalue weighted by Crippen LogP contribution is -2.36. The van der Waals surface area contributed by atoms with Crippen LogP contribution in [0, 0.1) is 6.92 Å². The molecular weight excluding hydrogens is 474 g/mol. The molecule has 0 bridgehead atoms. The number of amides is 1. The Labute approximate surface area is 199 Å². The van der Waals surface area contributed by atoms with Gasteiger partial charge in [0.2, 0.25) is 15.9 Å². The van der Waals surface area contributed by atoms with Crippen molar-refractivity contribution in [2.45, 2.75) is 36.0 Å². The molecule has 2 heterocycles. The molecule has 0 unspecified atom stereocenters. The van der Waals surface area contributed by atoms with E-state index in [0.29, 0.717) is 35.4 Å². The fourth-order valence-corrected chi connectivity index (χ4v) is 7.81. The van der Waals surface area contributed by atoms with E-state index in [9.17, 15) is 21.6 Å². The zero-order chi connectivity index (χ0) is 24.1. The highest BCUT2D eigenvalue weighted by Gasteiger charge is 2.36. The summed E-state index contributed by atoms with van der Waals surface area (Å²) in [7, 11) is -7.54. The van der Waals surface area contributed by atoms with Crippen molar-refractivity contribution in [1.29, 1.82) is 0 Å². The van der Waals surface area contributed by atoms with Crippen LogP contribution in [0.1, 0.15) is 24.8 Å². The summed E-state index contributed by atoms with van der Waals surface area (Å²) in [5.74, 6) is -0.552. The van der Waals surface area contributed by atoms with Crippen LogP contribution < -0.4 is 9.62 Å². The van der Waals surface area contributed by atoms with E-state index in [2.05, 4.69) is 5.32 Å². The third kappa shape index (κ3) is 3.75. The molecule has 0 aromatic heterocycles. The minimum Gasteiger partial charge on any atom is -0.324 e. The van der Waals surface area contributed by atoms with Gasteiger partial charge in [-0.2, -0.15) is 4.31 Å². The number of aryl methyl sites for hydroxylation is 1. The van der Waals surface area contributed by atoms with Gasteiger partial charge >= 0.3 is 0 Å². The quantitative estimate of drug-likeness (QED) is 0.579. The Morgan fingerprint density at radius 3 is 2.44 bits per heavy atom. The molecular formula is C24H25N3O5S2. The van der Waals surface area contributed by atoms with Gasteiger partial charge in [0.1, 0.15) is 6.54 Å². The lowest BCUT2D eigenvalue weighted by atomic mass is 10.1. The average molecular weight is 500 g/mol. The first-order valence-electron chi connectivity index (χ1n) is 11.1. The van der Waals surface area contributed by atoms with Gasteiger partial charge in [-0.25, -0.2) is 16.8 Å². The molecule has 0 aliphatic carbocycles. The average Bonchev–Trinajstić information content (AvgIpc) is 3.04. The van der Waals surface area contributed by atoms with Gasteiger partial charge in [-0.15, -0.1) is 0 Å². The van der Waals surface area contributed by atoms with E-state index in [0.717, 1.165) is 29.0 Å². The van der Waals surface area contributed by atoms with Crippen LogP contribution in [0.4, 0.5) is 11.4 Å². The number of carbonyl (C=O) groups excluding carboxylic acids is 1. The monoisotopic (exact) mass is 499 g/mol. The first-order chi connectivity index (χ1) is 16.2. The Hall–Kier alpha value is -2.95. The lowest BCUT2D eigenvalue weighted by Gasteiger charge is -2.26. The van der Waals surface area contributed by atoms with Gasteiger partial charge in [0.25, 0.3) is 10.0 Å². The van der Waals surface area contributed by atoms with E-state index in [-0.39, 0.29) is 9.79 Å². The molecule has 0 atom stereocenters. The first-order valence-corrected chi connectivity index (χ1v) is 14.0. The molecule has 1 fully saturated rings. The van der Waals surface area contributed by atoms with Crippen molar-refractivity contribution in [1.82, 2.24) is 4.31 Å². The third-order valence-corrected chi connectivity index (χ3v) is 10.1. The number of sulfonamides is 2. The van der Waals surface area contributed by atoms with Crippen LogP contribution in [-0.4, -0.2) is 46.7 Å². The Morgan fingerprint density at radius 1 is 1.00 bits per heavy atom. The van der Waals surface area contributed by atoms with Gasteiger partial charge in [0.05, 0.1) is 15.5 Å². The molecule has 8 nitrogen and oxygen atoms in total. The molecule has 0 radical (unpaired) electrons. The molecule has 2 aliphatic rings. The lowest BCUT2D eigenvalue weighted by molar-refractivity contribution is -0.114. The van der Waals surface area contributed by atoms with E-state index in [1.807, 2.05) is 12.1 Å². The molecule has 34 heavy (non-hydrogen) atoms. The van der Waals surface area contributed by atoms with Gasteiger partial charge in [-0.1, -0.05) is 36.8 Å². The summed E-state index contributed by atoms with van der Waals surface area (Å²) < 4.78 is 55.0. The Bertz CT molecular complexity index is 1510. The summed E-state index contributed by atoms with van der Waals surface area (Å²) in [6.45, 7) is 2.31. The molecule has 1 saturated heterocycles. The fraction of sp³-hybridized carbons (Fsp3) is 0.292. The molecule has 1 amide bonds. The molecule has 0 spiro atoms. The number of piperidine rings is 1. The number of rotatable bonds is 5. The van der Waals surface area contributed by atoms with Crippen LogP contribution in [0.3, 0.4) is 0 Å². The van der Waals surface area contributed by atoms with E-state index < -0.39 is 32.5 Å². The Kier molecular flexibility index (Phi) is 5.62. The van der Waals surface area contributed by atoms with E-state index in [4.69, 9.17) is 0 Å². The third-order valence-electron chi connectivity index (χ3n) is 6.40. The van der Waals surface area contributed by atoms with Crippen LogP contribution in [0.25, 0.3) is 10.8 Å². The van der Waals surface area contributed by atoms with Crippen LogP contribution >= 0.6 is 0 Å². The molecule has 3 aromatic carbocycles. The normalized spacial score (nSPS) is 17.7. The summed E-state index contributed by atoms with van der Waals surface area (Å²) >= 11 is 0. The fourth-order valence-electron chi connectivity index (χ4n) is 4.60. The summed E-state index contributed by atoms with van der Waals surface area (Å²) in [6, 6.07) is 15.0.